The predicted octanol–water partition coefficient (Wildman–Crippen LogP) is 6.11. The smallest absolute Gasteiger partial charge is 0.432 e. The van der Waals surface area contributed by atoms with Gasteiger partial charge < -0.3 is 14.6 Å². The molecule has 0 amide bonds. The third kappa shape index (κ3) is 4.56. The minimum Gasteiger partial charge on any atom is -0.487 e. The van der Waals surface area contributed by atoms with E-state index in [1.54, 1.807) is 54.6 Å². The molecule has 1 N–H and O–H groups in total. The number of aromatic nitrogens is 2. The van der Waals surface area contributed by atoms with Crippen LogP contribution in [0, 0.1) is 11.3 Å². The molecule has 1 heterocycles. The lowest BCUT2D eigenvalue weighted by Gasteiger charge is -2.10. The van der Waals surface area contributed by atoms with E-state index in [9.17, 15) is 9.90 Å². The molecule has 0 aliphatic rings. The fourth-order valence-corrected chi connectivity index (χ4v) is 3.48. The summed E-state index contributed by atoms with van der Waals surface area (Å²) in [6.07, 6.45) is -1.18. The number of para-hydroxylation sites is 1. The lowest BCUT2D eigenvalue weighted by molar-refractivity contribution is 0.193. The van der Waals surface area contributed by atoms with Gasteiger partial charge in [0.2, 0.25) is 0 Å². The van der Waals surface area contributed by atoms with E-state index in [2.05, 4.69) is 5.10 Å². The molecule has 0 aliphatic heterocycles. The molecule has 0 bridgehead atoms. The Kier molecular flexibility index (Phi) is 5.67. The fraction of sp³-hybridized carbons (Fsp3) is 0.0455. The second-order valence-corrected chi connectivity index (χ2v) is 7.33. The first-order valence-electron chi connectivity index (χ1n) is 8.95. The molecule has 1 aromatic heterocycles. The highest BCUT2D eigenvalue weighted by Crippen LogP contribution is 2.32. The molecular formula is C22H13Cl2N3O4. The standard InChI is InChI=1S/C22H13Cl2N3O4/c23-14-5-13(11-25)6-17(8-14)31-18-9-15(24)7-16(10-18)30-12-20-19-3-1-2-4-21(19)27(26-20)22(28)29/h1-10H,12H2,(H,28,29). The number of nitriles is 1. The quantitative estimate of drug-likeness (QED) is 0.391. The SMILES string of the molecule is N#Cc1cc(Cl)cc(Oc2cc(Cl)cc(OCc3nn(C(=O)O)c4ccccc34)c2)c1. The summed E-state index contributed by atoms with van der Waals surface area (Å²) in [5.41, 5.74) is 1.30. The molecule has 9 heteroatoms. The Balaban J connectivity index is 1.58. The first-order chi connectivity index (χ1) is 14.9. The van der Waals surface area contributed by atoms with Crippen molar-refractivity contribution in [3.63, 3.8) is 0 Å². The van der Waals surface area contributed by atoms with Gasteiger partial charge in [0.25, 0.3) is 0 Å². The highest BCUT2D eigenvalue weighted by molar-refractivity contribution is 6.31. The molecule has 0 saturated carbocycles. The van der Waals surface area contributed by atoms with E-state index in [1.165, 1.54) is 6.07 Å². The Labute approximate surface area is 186 Å². The van der Waals surface area contributed by atoms with Gasteiger partial charge in [-0.15, -0.1) is 0 Å². The van der Waals surface area contributed by atoms with Crippen LogP contribution in [0.25, 0.3) is 10.9 Å². The molecule has 0 fully saturated rings. The van der Waals surface area contributed by atoms with Crippen LogP contribution in [-0.4, -0.2) is 21.0 Å². The maximum absolute atomic E-state index is 11.4. The molecule has 3 aromatic carbocycles. The van der Waals surface area contributed by atoms with Crippen LogP contribution >= 0.6 is 23.2 Å². The first-order valence-corrected chi connectivity index (χ1v) is 9.70. The van der Waals surface area contributed by atoms with E-state index in [0.29, 0.717) is 49.5 Å². The summed E-state index contributed by atoms with van der Waals surface area (Å²) in [7, 11) is 0. The summed E-state index contributed by atoms with van der Waals surface area (Å²) >= 11 is 12.2. The molecule has 154 valence electrons. The highest BCUT2D eigenvalue weighted by Gasteiger charge is 2.15. The van der Waals surface area contributed by atoms with E-state index in [1.807, 2.05) is 6.07 Å². The number of rotatable bonds is 5. The van der Waals surface area contributed by atoms with Crippen LogP contribution in [0.1, 0.15) is 11.3 Å². The number of halogens is 2. The van der Waals surface area contributed by atoms with Crippen molar-refractivity contribution in [3.8, 4) is 23.3 Å². The number of hydrogen-bond acceptors (Lipinski definition) is 5. The van der Waals surface area contributed by atoms with E-state index < -0.39 is 6.09 Å². The normalized spacial score (nSPS) is 10.6. The Morgan fingerprint density at radius 1 is 1.03 bits per heavy atom. The molecular weight excluding hydrogens is 441 g/mol. The Hall–Kier alpha value is -3.73. The van der Waals surface area contributed by atoms with Gasteiger partial charge >= 0.3 is 6.09 Å². The minimum atomic E-state index is -1.18. The molecule has 0 radical (unpaired) electrons. The van der Waals surface area contributed by atoms with Gasteiger partial charge in [-0.2, -0.15) is 15.0 Å². The molecule has 4 rings (SSSR count). The number of nitrogens with zero attached hydrogens (tertiary/aromatic N) is 3. The van der Waals surface area contributed by atoms with Crippen LogP contribution < -0.4 is 9.47 Å². The van der Waals surface area contributed by atoms with Crippen LogP contribution in [0.4, 0.5) is 4.79 Å². The maximum atomic E-state index is 11.4. The number of hydrogen-bond donors (Lipinski definition) is 1. The topological polar surface area (TPSA) is 97.4 Å². The van der Waals surface area contributed by atoms with Gasteiger partial charge in [-0.05, 0) is 36.4 Å². The number of fused-ring (bicyclic) bond motifs is 1. The highest BCUT2D eigenvalue weighted by atomic mass is 35.5. The number of carbonyl (C=O) groups is 1. The molecule has 4 aromatic rings. The van der Waals surface area contributed by atoms with E-state index in [0.717, 1.165) is 4.68 Å². The monoisotopic (exact) mass is 453 g/mol. The number of ether oxygens (including phenoxy) is 2. The second kappa shape index (κ2) is 8.56. The zero-order chi connectivity index (χ0) is 22.0. The van der Waals surface area contributed by atoms with Crippen molar-refractivity contribution in [3.05, 3.63) is 82.0 Å². The van der Waals surface area contributed by atoms with Crippen molar-refractivity contribution in [1.82, 2.24) is 9.78 Å². The second-order valence-electron chi connectivity index (χ2n) is 6.46. The zero-order valence-electron chi connectivity index (χ0n) is 15.8. The van der Waals surface area contributed by atoms with Crippen LogP contribution in [-0.2, 0) is 6.61 Å². The van der Waals surface area contributed by atoms with Gasteiger partial charge in [-0.25, -0.2) is 4.79 Å². The molecule has 0 unspecified atom stereocenters. The van der Waals surface area contributed by atoms with Gasteiger partial charge in [-0.1, -0.05) is 41.4 Å². The summed E-state index contributed by atoms with van der Waals surface area (Å²) in [6.45, 7) is 0.0241. The number of benzene rings is 3. The van der Waals surface area contributed by atoms with Crippen molar-refractivity contribution in [2.75, 3.05) is 0 Å². The van der Waals surface area contributed by atoms with Crippen molar-refractivity contribution in [2.45, 2.75) is 6.61 Å². The van der Waals surface area contributed by atoms with Crippen molar-refractivity contribution in [1.29, 1.82) is 5.26 Å². The zero-order valence-corrected chi connectivity index (χ0v) is 17.3. The summed E-state index contributed by atoms with van der Waals surface area (Å²) in [6, 6.07) is 18.5. The van der Waals surface area contributed by atoms with E-state index in [4.69, 9.17) is 37.9 Å². The summed E-state index contributed by atoms with van der Waals surface area (Å²) < 4.78 is 12.5. The van der Waals surface area contributed by atoms with Gasteiger partial charge in [0.1, 0.15) is 29.5 Å². The average molecular weight is 454 g/mol. The van der Waals surface area contributed by atoms with Crippen LogP contribution in [0.3, 0.4) is 0 Å². The summed E-state index contributed by atoms with van der Waals surface area (Å²) in [4.78, 5) is 11.4. The van der Waals surface area contributed by atoms with Gasteiger partial charge in [0.15, 0.2) is 0 Å². The average Bonchev–Trinajstić information content (AvgIpc) is 3.10. The largest absolute Gasteiger partial charge is 0.487 e. The van der Waals surface area contributed by atoms with Crippen LogP contribution in [0.2, 0.25) is 10.0 Å². The maximum Gasteiger partial charge on any atom is 0.432 e. The lowest BCUT2D eigenvalue weighted by atomic mass is 10.2. The van der Waals surface area contributed by atoms with E-state index >= 15 is 0 Å². The van der Waals surface area contributed by atoms with Crippen molar-refractivity contribution in [2.24, 2.45) is 0 Å². The summed E-state index contributed by atoms with van der Waals surface area (Å²) in [5, 5.41) is 24.0. The van der Waals surface area contributed by atoms with Crippen LogP contribution in [0.15, 0.2) is 60.7 Å². The van der Waals surface area contributed by atoms with E-state index in [-0.39, 0.29) is 6.61 Å². The third-order valence-corrected chi connectivity index (χ3v) is 4.74. The third-order valence-electron chi connectivity index (χ3n) is 4.30. The molecule has 0 spiro atoms. The van der Waals surface area contributed by atoms with Gasteiger partial charge in [-0.3, -0.25) is 0 Å². The minimum absolute atomic E-state index is 0.0241. The molecule has 0 atom stereocenters. The Morgan fingerprint density at radius 2 is 1.71 bits per heavy atom. The molecule has 0 saturated heterocycles. The fourth-order valence-electron chi connectivity index (χ4n) is 3.04. The number of carboxylic acid groups (broad SMARTS) is 1. The molecule has 7 nitrogen and oxygen atoms in total. The Morgan fingerprint density at radius 3 is 2.45 bits per heavy atom. The molecule has 31 heavy (non-hydrogen) atoms. The Bertz CT molecular complexity index is 1340. The molecule has 0 aliphatic carbocycles. The predicted molar refractivity (Wildman–Crippen MR) is 115 cm³/mol. The summed E-state index contributed by atoms with van der Waals surface area (Å²) in [5.74, 6) is 1.16. The van der Waals surface area contributed by atoms with Crippen molar-refractivity contribution >= 4 is 40.2 Å². The van der Waals surface area contributed by atoms with Gasteiger partial charge in [0, 0.05) is 21.5 Å². The van der Waals surface area contributed by atoms with Crippen LogP contribution in [0.5, 0.6) is 17.2 Å². The van der Waals surface area contributed by atoms with Crippen molar-refractivity contribution < 1.29 is 19.4 Å². The van der Waals surface area contributed by atoms with Gasteiger partial charge in [0.05, 0.1) is 17.1 Å². The first kappa shape index (κ1) is 20.5. The lowest BCUT2D eigenvalue weighted by Crippen LogP contribution is -2.10.